The fourth-order valence-corrected chi connectivity index (χ4v) is 13.7. The average molecular weight is 1580 g/mol. The van der Waals surface area contributed by atoms with Gasteiger partial charge in [-0.05, 0) is 210 Å². The Bertz CT molecular complexity index is 5140. The predicted octanol–water partition coefficient (Wildman–Crippen LogP) is 11.8. The summed E-state index contributed by atoms with van der Waals surface area (Å²) in [6.07, 6.45) is 21.5. The molecule has 0 radical (unpaired) electrons. The highest BCUT2D eigenvalue weighted by Gasteiger charge is 2.22. The van der Waals surface area contributed by atoms with E-state index in [1.54, 1.807) is 12.3 Å². The molecule has 4 fully saturated rings. The molecule has 0 aliphatic carbocycles. The van der Waals surface area contributed by atoms with E-state index in [-0.39, 0.29) is 34.0 Å². The number of carbonyl (C=O) groups excluding carboxylic acids is 4. The van der Waals surface area contributed by atoms with Gasteiger partial charge in [-0.15, -0.1) is 0 Å². The van der Waals surface area contributed by atoms with Gasteiger partial charge in [-0.2, -0.15) is 10.2 Å². The highest BCUT2D eigenvalue weighted by atomic mass is 32.2. The highest BCUT2D eigenvalue weighted by Crippen LogP contribution is 2.34. The Labute approximate surface area is 672 Å². The molecule has 0 atom stereocenters. The number of amides is 4. The summed E-state index contributed by atoms with van der Waals surface area (Å²) in [5.74, 6) is 2.57. The van der Waals surface area contributed by atoms with Crippen molar-refractivity contribution in [1.29, 1.82) is 0 Å². The lowest BCUT2D eigenvalue weighted by molar-refractivity contribution is 0.101. The van der Waals surface area contributed by atoms with Gasteiger partial charge in [0.2, 0.25) is 0 Å². The molecule has 30 heteroatoms. The van der Waals surface area contributed by atoms with Crippen molar-refractivity contribution in [3.63, 3.8) is 0 Å². The van der Waals surface area contributed by atoms with E-state index in [4.69, 9.17) is 18.9 Å². The van der Waals surface area contributed by atoms with Crippen LogP contribution >= 0.6 is 0 Å². The monoisotopic (exact) mass is 1580 g/mol. The number of benzene rings is 4. The first kappa shape index (κ1) is 80.8. The van der Waals surface area contributed by atoms with Gasteiger partial charge in [-0.1, -0.05) is 24.3 Å². The van der Waals surface area contributed by atoms with Gasteiger partial charge in [0.25, 0.3) is 23.6 Å². The molecular weight excluding hydrogens is 1490 g/mol. The first-order chi connectivity index (χ1) is 56.4. The van der Waals surface area contributed by atoms with E-state index in [9.17, 15) is 27.6 Å². The standard InChI is InChI=1S/C23H24N4O4S.3C21H21N5O2/c1-16-3-4-19(26-23(28)18-6-8-25-22(14-18)32(2,29)30)15-20(16)17-5-7-24-21(13-17)27-9-11-31-12-10-27;1-15-2-3-18(25-21(27)17-5-7-23-24-14-17)13-19(15)16-4-6-22-20(12-16)26-8-10-28-11-9-26;1-15-2-3-18(25-21(27)17-12-22-14-23-13-17)11-19(15)16-4-5-24-20(10-16)26-6-8-28-9-7-26;1-15-2-3-17(25-21(27)19-14-22-6-7-23-19)13-18(15)16-4-5-24-20(12-16)26-8-10-28-11-9-26/h3-8,13-15H,9-12H2,1-2H3,(H,26,28);2-7,12-14H,8-11H2,1H3,(H,25,27);2-5,10-14H,6-9H2,1H3,(H,25,27);2-7,12-14H,8-11H2,1H3,(H,25,27). The Hall–Kier alpha value is -13.3. The van der Waals surface area contributed by atoms with Gasteiger partial charge in [0.1, 0.15) is 35.3 Å². The smallest absolute Gasteiger partial charge is 0.275 e. The number of nitrogens with zero attached hydrogens (tertiary/aromatic N) is 15. The number of anilines is 8. The second-order valence-corrected chi connectivity index (χ2v) is 29.4. The molecule has 4 N–H and O–H groups in total. The maximum absolute atomic E-state index is 12.7. The SMILES string of the molecule is Cc1ccc(NC(=O)c2ccnc(S(C)(=O)=O)c2)cc1-c1ccnc(N2CCOCC2)c1.Cc1ccc(NC(=O)c2ccnnc2)cc1-c1ccnc(N2CCOCC2)c1.Cc1ccc(NC(=O)c2cnccn2)cc1-c1ccnc(N2CCOCC2)c1.Cc1ccc(NC(=O)c2cncnc2)cc1-c1ccnc(N2CCOCC2)c1. The molecule has 4 aromatic carbocycles. The molecule has 8 aromatic heterocycles. The number of aryl methyl sites for hydroxylation is 4. The van der Waals surface area contributed by atoms with Crippen LogP contribution in [-0.4, -0.2) is 199 Å². The Balaban J connectivity index is 0.000000135. The second-order valence-electron chi connectivity index (χ2n) is 27.4. The average Bonchev–Trinajstić information content (AvgIpc) is 0.825. The van der Waals surface area contributed by atoms with Gasteiger partial charge in [-0.3, -0.25) is 24.2 Å². The number of carbonyl (C=O) groups is 4. The molecule has 0 saturated carbocycles. The van der Waals surface area contributed by atoms with Crippen LogP contribution in [0, 0.1) is 27.7 Å². The lowest BCUT2D eigenvalue weighted by Gasteiger charge is -2.28. The molecule has 16 rings (SSSR count). The number of ether oxygens (including phenoxy) is 4. The topological polar surface area (TPSA) is 342 Å². The molecule has 4 aliphatic rings. The minimum absolute atomic E-state index is 0.137. The van der Waals surface area contributed by atoms with Crippen LogP contribution in [0.5, 0.6) is 0 Å². The van der Waals surface area contributed by atoms with Crippen LogP contribution in [0.2, 0.25) is 0 Å². The lowest BCUT2D eigenvalue weighted by atomic mass is 10.0. The van der Waals surface area contributed by atoms with Crippen molar-refractivity contribution < 1.29 is 46.5 Å². The third-order valence-electron chi connectivity index (χ3n) is 19.4. The van der Waals surface area contributed by atoms with E-state index in [0.29, 0.717) is 35.7 Å². The van der Waals surface area contributed by atoms with Gasteiger partial charge in [0.05, 0.1) is 82.6 Å². The normalized spacial score (nSPS) is 14.0. The molecule has 29 nitrogen and oxygen atoms in total. The summed E-state index contributed by atoms with van der Waals surface area (Å²) in [6.45, 7) is 20.5. The number of rotatable bonds is 17. The highest BCUT2D eigenvalue weighted by molar-refractivity contribution is 7.90. The second kappa shape index (κ2) is 39.0. The molecule has 592 valence electrons. The fraction of sp³-hybridized carbons (Fsp3) is 0.244. The zero-order valence-electron chi connectivity index (χ0n) is 64.8. The van der Waals surface area contributed by atoms with Crippen molar-refractivity contribution in [2.24, 2.45) is 0 Å². The minimum Gasteiger partial charge on any atom is -0.378 e. The summed E-state index contributed by atoms with van der Waals surface area (Å²) in [6, 6.07) is 43.9. The molecule has 0 unspecified atom stereocenters. The van der Waals surface area contributed by atoms with Crippen LogP contribution in [0.25, 0.3) is 44.5 Å². The van der Waals surface area contributed by atoms with Crippen LogP contribution in [0.1, 0.15) is 63.8 Å². The van der Waals surface area contributed by atoms with Crippen LogP contribution in [0.15, 0.2) is 225 Å². The van der Waals surface area contributed by atoms with Crippen molar-refractivity contribution in [1.82, 2.24) is 55.1 Å². The van der Waals surface area contributed by atoms with E-state index in [1.807, 2.05) is 129 Å². The Morgan fingerprint density at radius 3 is 1.02 bits per heavy atom. The number of hydrogen-bond donors (Lipinski definition) is 4. The Morgan fingerprint density at radius 2 is 0.672 bits per heavy atom. The van der Waals surface area contributed by atoms with Crippen molar-refractivity contribution in [3.05, 3.63) is 265 Å². The Kier molecular flexibility index (Phi) is 27.1. The van der Waals surface area contributed by atoms with Crippen molar-refractivity contribution in [2.45, 2.75) is 32.7 Å². The van der Waals surface area contributed by atoms with Crippen LogP contribution in [0.3, 0.4) is 0 Å². The lowest BCUT2D eigenvalue weighted by Crippen LogP contribution is -2.36. The number of pyridine rings is 5. The van der Waals surface area contributed by atoms with E-state index < -0.39 is 15.7 Å². The van der Waals surface area contributed by atoms with Crippen LogP contribution in [-0.2, 0) is 28.8 Å². The van der Waals surface area contributed by atoms with Gasteiger partial charge < -0.3 is 59.8 Å². The van der Waals surface area contributed by atoms with Crippen molar-refractivity contribution >= 4 is 79.5 Å². The number of sulfone groups is 1. The minimum atomic E-state index is -3.50. The molecule has 0 spiro atoms. The van der Waals surface area contributed by atoms with Crippen LogP contribution in [0.4, 0.5) is 46.0 Å². The summed E-state index contributed by atoms with van der Waals surface area (Å²) in [7, 11) is -3.50. The predicted molar refractivity (Wildman–Crippen MR) is 445 cm³/mol. The van der Waals surface area contributed by atoms with Crippen molar-refractivity contribution in [3.8, 4) is 44.5 Å². The van der Waals surface area contributed by atoms with E-state index in [2.05, 4.69) is 135 Å². The molecule has 4 saturated heterocycles. The summed E-state index contributed by atoms with van der Waals surface area (Å²) in [5, 5.41) is 18.9. The molecule has 4 amide bonds. The van der Waals surface area contributed by atoms with Gasteiger partial charge in [-0.25, -0.2) is 48.3 Å². The molecule has 0 bridgehead atoms. The number of nitrogens with one attached hydrogen (secondary N) is 4. The van der Waals surface area contributed by atoms with Gasteiger partial charge >= 0.3 is 0 Å². The van der Waals surface area contributed by atoms with Gasteiger partial charge in [0.15, 0.2) is 14.9 Å². The summed E-state index contributed by atoms with van der Waals surface area (Å²) < 4.78 is 45.2. The quantitative estimate of drug-likeness (QED) is 0.0658. The van der Waals surface area contributed by atoms with Gasteiger partial charge in [0, 0.05) is 143 Å². The van der Waals surface area contributed by atoms with Crippen LogP contribution < -0.4 is 40.9 Å². The summed E-state index contributed by atoms with van der Waals surface area (Å²) >= 11 is 0. The number of morpholine rings is 4. The third-order valence-corrected chi connectivity index (χ3v) is 20.4. The maximum atomic E-state index is 12.7. The largest absolute Gasteiger partial charge is 0.378 e. The maximum Gasteiger partial charge on any atom is 0.275 e. The van der Waals surface area contributed by atoms with Crippen molar-refractivity contribution in [2.75, 3.05) is 152 Å². The summed E-state index contributed by atoms with van der Waals surface area (Å²) in [4.78, 5) is 96.4. The zero-order chi connectivity index (χ0) is 80.8. The number of aromatic nitrogens is 11. The third kappa shape index (κ3) is 21.7. The molecule has 116 heavy (non-hydrogen) atoms. The fourth-order valence-electron chi connectivity index (χ4n) is 13.1. The van der Waals surface area contributed by atoms with E-state index in [1.165, 1.54) is 68.0 Å². The molecular formula is C86H87N19O10S. The Morgan fingerprint density at radius 1 is 0.328 bits per heavy atom. The van der Waals surface area contributed by atoms with E-state index >= 15 is 0 Å². The number of hydrogen-bond acceptors (Lipinski definition) is 25. The molecule has 12 heterocycles. The molecule has 12 aromatic rings. The molecule has 4 aliphatic heterocycles. The van der Waals surface area contributed by atoms with E-state index in [0.717, 1.165) is 200 Å². The first-order valence-corrected chi connectivity index (χ1v) is 39.6. The zero-order valence-corrected chi connectivity index (χ0v) is 65.6. The first-order valence-electron chi connectivity index (χ1n) is 37.7. The summed E-state index contributed by atoms with van der Waals surface area (Å²) in [5.41, 5.74) is 16.9.